The Labute approximate surface area is 133 Å². The third-order valence-electron chi connectivity index (χ3n) is 3.32. The summed E-state index contributed by atoms with van der Waals surface area (Å²) < 4.78 is 6.44. The Hall–Kier alpha value is -1.03. The van der Waals surface area contributed by atoms with Crippen molar-refractivity contribution >= 4 is 27.5 Å². The molecule has 0 radical (unpaired) electrons. The molecule has 0 saturated carbocycles. The number of rotatable bonds is 3. The monoisotopic (exact) mass is 353 g/mol. The molecule has 0 aliphatic heterocycles. The van der Waals surface area contributed by atoms with Crippen LogP contribution in [-0.4, -0.2) is 7.11 Å². The molecule has 2 N–H and O–H groups in total. The van der Waals surface area contributed by atoms with Gasteiger partial charge in [0, 0.05) is 15.1 Å². The standard InChI is InChI=1S/C16H17BrClNO/c1-9-6-10(2)15(14(7-9)20-3)16(19)12-8-11(17)4-5-13(12)18/h4-8,16H,19H2,1-3H3. The summed E-state index contributed by atoms with van der Waals surface area (Å²) in [6, 6.07) is 9.47. The maximum atomic E-state index is 6.43. The van der Waals surface area contributed by atoms with E-state index in [2.05, 4.69) is 22.0 Å². The molecule has 1 unspecified atom stereocenters. The molecule has 0 heterocycles. The van der Waals surface area contributed by atoms with E-state index in [1.807, 2.05) is 38.1 Å². The van der Waals surface area contributed by atoms with Gasteiger partial charge >= 0.3 is 0 Å². The zero-order valence-corrected chi connectivity index (χ0v) is 14.0. The molecule has 2 aromatic carbocycles. The van der Waals surface area contributed by atoms with Crippen molar-refractivity contribution in [1.82, 2.24) is 0 Å². The predicted molar refractivity (Wildman–Crippen MR) is 87.7 cm³/mol. The SMILES string of the molecule is COc1cc(C)cc(C)c1C(N)c1cc(Br)ccc1Cl. The average Bonchev–Trinajstić information content (AvgIpc) is 2.40. The molecule has 0 aliphatic rings. The predicted octanol–water partition coefficient (Wildman–Crippen LogP) is 4.78. The molecular weight excluding hydrogens is 338 g/mol. The van der Waals surface area contributed by atoms with E-state index in [0.717, 1.165) is 32.5 Å². The summed E-state index contributed by atoms with van der Waals surface area (Å²) in [6.07, 6.45) is 0. The Balaban J connectivity index is 2.58. The van der Waals surface area contributed by atoms with Crippen LogP contribution >= 0.6 is 27.5 Å². The molecule has 0 bridgehead atoms. The Morgan fingerprint density at radius 3 is 2.55 bits per heavy atom. The first-order chi connectivity index (χ1) is 9.43. The van der Waals surface area contributed by atoms with Crippen LogP contribution in [0.4, 0.5) is 0 Å². The van der Waals surface area contributed by atoms with Crippen LogP contribution in [0.15, 0.2) is 34.8 Å². The Kier molecular flexibility index (Phi) is 4.74. The van der Waals surface area contributed by atoms with Crippen molar-refractivity contribution in [2.75, 3.05) is 7.11 Å². The van der Waals surface area contributed by atoms with Gasteiger partial charge in [-0.3, -0.25) is 0 Å². The molecule has 0 fully saturated rings. The van der Waals surface area contributed by atoms with Crippen molar-refractivity contribution in [3.63, 3.8) is 0 Å². The quantitative estimate of drug-likeness (QED) is 0.861. The maximum Gasteiger partial charge on any atom is 0.124 e. The number of aryl methyl sites for hydroxylation is 2. The number of methoxy groups -OCH3 is 1. The Bertz CT molecular complexity index is 643. The van der Waals surface area contributed by atoms with E-state index in [9.17, 15) is 0 Å². The first-order valence-electron chi connectivity index (χ1n) is 6.29. The molecule has 0 aromatic heterocycles. The highest BCUT2D eigenvalue weighted by atomic mass is 79.9. The van der Waals surface area contributed by atoms with Crippen molar-refractivity contribution in [2.24, 2.45) is 5.73 Å². The van der Waals surface area contributed by atoms with Crippen LogP contribution < -0.4 is 10.5 Å². The lowest BCUT2D eigenvalue weighted by molar-refractivity contribution is 0.407. The van der Waals surface area contributed by atoms with Gasteiger partial charge in [0.15, 0.2) is 0 Å². The molecule has 2 rings (SSSR count). The smallest absolute Gasteiger partial charge is 0.124 e. The third kappa shape index (κ3) is 3.00. The minimum Gasteiger partial charge on any atom is -0.496 e. The highest BCUT2D eigenvalue weighted by Gasteiger charge is 2.19. The van der Waals surface area contributed by atoms with Gasteiger partial charge in [-0.25, -0.2) is 0 Å². The number of halogens is 2. The molecule has 0 spiro atoms. The summed E-state index contributed by atoms with van der Waals surface area (Å²) in [6.45, 7) is 4.08. The minimum atomic E-state index is -0.324. The lowest BCUT2D eigenvalue weighted by Gasteiger charge is -2.20. The van der Waals surface area contributed by atoms with Gasteiger partial charge in [-0.15, -0.1) is 0 Å². The van der Waals surface area contributed by atoms with Crippen LogP contribution in [0.2, 0.25) is 5.02 Å². The van der Waals surface area contributed by atoms with E-state index in [1.165, 1.54) is 0 Å². The Morgan fingerprint density at radius 1 is 1.20 bits per heavy atom. The third-order valence-corrected chi connectivity index (χ3v) is 4.15. The molecule has 0 saturated heterocycles. The van der Waals surface area contributed by atoms with Gasteiger partial charge in [-0.2, -0.15) is 0 Å². The summed E-state index contributed by atoms with van der Waals surface area (Å²) in [5.74, 6) is 0.797. The number of hydrogen-bond donors (Lipinski definition) is 1. The van der Waals surface area contributed by atoms with Crippen LogP contribution in [0.3, 0.4) is 0 Å². The summed E-state index contributed by atoms with van der Waals surface area (Å²) in [5.41, 5.74) is 10.5. The molecular formula is C16H17BrClNO. The molecule has 0 aliphatic carbocycles. The van der Waals surface area contributed by atoms with E-state index < -0.39 is 0 Å². The summed E-state index contributed by atoms with van der Waals surface area (Å²) >= 11 is 9.74. The fourth-order valence-electron chi connectivity index (χ4n) is 2.42. The van der Waals surface area contributed by atoms with Gasteiger partial charge in [0.2, 0.25) is 0 Å². The molecule has 2 aromatic rings. The second kappa shape index (κ2) is 6.17. The fraction of sp³-hybridized carbons (Fsp3) is 0.250. The van der Waals surface area contributed by atoms with Crippen molar-refractivity contribution in [3.05, 3.63) is 62.1 Å². The van der Waals surface area contributed by atoms with Crippen LogP contribution in [0.5, 0.6) is 5.75 Å². The molecule has 1 atom stereocenters. The van der Waals surface area contributed by atoms with Crippen molar-refractivity contribution in [2.45, 2.75) is 19.9 Å². The van der Waals surface area contributed by atoms with E-state index in [1.54, 1.807) is 7.11 Å². The van der Waals surface area contributed by atoms with Crippen LogP contribution in [0.1, 0.15) is 28.3 Å². The van der Waals surface area contributed by atoms with Gasteiger partial charge in [0.1, 0.15) is 5.75 Å². The second-order valence-electron chi connectivity index (χ2n) is 4.84. The molecule has 20 heavy (non-hydrogen) atoms. The summed E-state index contributed by atoms with van der Waals surface area (Å²) in [7, 11) is 1.66. The molecule has 2 nitrogen and oxygen atoms in total. The average molecular weight is 355 g/mol. The van der Waals surface area contributed by atoms with E-state index >= 15 is 0 Å². The largest absolute Gasteiger partial charge is 0.496 e. The highest BCUT2D eigenvalue weighted by Crippen LogP contribution is 2.36. The number of ether oxygens (including phenoxy) is 1. The van der Waals surface area contributed by atoms with Crippen molar-refractivity contribution < 1.29 is 4.74 Å². The second-order valence-corrected chi connectivity index (χ2v) is 6.16. The van der Waals surface area contributed by atoms with E-state index in [-0.39, 0.29) is 6.04 Å². The van der Waals surface area contributed by atoms with Crippen LogP contribution in [0.25, 0.3) is 0 Å². The number of benzene rings is 2. The normalized spacial score (nSPS) is 12.3. The number of hydrogen-bond acceptors (Lipinski definition) is 2. The first kappa shape index (κ1) is 15.4. The lowest BCUT2D eigenvalue weighted by atomic mass is 9.93. The van der Waals surface area contributed by atoms with Crippen molar-refractivity contribution in [1.29, 1.82) is 0 Å². The zero-order valence-electron chi connectivity index (χ0n) is 11.7. The van der Waals surface area contributed by atoms with Gasteiger partial charge in [-0.05, 0) is 54.8 Å². The van der Waals surface area contributed by atoms with Crippen LogP contribution in [-0.2, 0) is 0 Å². The van der Waals surface area contributed by atoms with E-state index in [0.29, 0.717) is 5.02 Å². The van der Waals surface area contributed by atoms with Gasteiger partial charge in [0.05, 0.1) is 13.2 Å². The van der Waals surface area contributed by atoms with Crippen LogP contribution in [0, 0.1) is 13.8 Å². The summed E-state index contributed by atoms with van der Waals surface area (Å²) in [5, 5.41) is 0.655. The Morgan fingerprint density at radius 2 is 1.90 bits per heavy atom. The fourth-order valence-corrected chi connectivity index (χ4v) is 3.03. The maximum absolute atomic E-state index is 6.43. The number of nitrogens with two attached hydrogens (primary N) is 1. The topological polar surface area (TPSA) is 35.2 Å². The van der Waals surface area contributed by atoms with Gasteiger partial charge in [-0.1, -0.05) is 33.6 Å². The van der Waals surface area contributed by atoms with E-state index in [4.69, 9.17) is 22.1 Å². The van der Waals surface area contributed by atoms with Crippen molar-refractivity contribution in [3.8, 4) is 5.75 Å². The summed E-state index contributed by atoms with van der Waals surface area (Å²) in [4.78, 5) is 0. The zero-order chi connectivity index (χ0) is 14.9. The van der Waals surface area contributed by atoms with Gasteiger partial charge in [0.25, 0.3) is 0 Å². The molecule has 4 heteroatoms. The molecule has 106 valence electrons. The lowest BCUT2D eigenvalue weighted by Crippen LogP contribution is -2.15. The van der Waals surface area contributed by atoms with Gasteiger partial charge < -0.3 is 10.5 Å². The first-order valence-corrected chi connectivity index (χ1v) is 7.46. The highest BCUT2D eigenvalue weighted by molar-refractivity contribution is 9.10. The minimum absolute atomic E-state index is 0.324. The molecule has 0 amide bonds.